The van der Waals surface area contributed by atoms with Gasteiger partial charge in [0.2, 0.25) is 5.91 Å². The first-order valence-electron chi connectivity index (χ1n) is 11.7. The lowest BCUT2D eigenvalue weighted by Gasteiger charge is -2.44. The number of amides is 1. The van der Waals surface area contributed by atoms with Crippen LogP contribution in [0.4, 0.5) is 8.78 Å². The van der Waals surface area contributed by atoms with Gasteiger partial charge in [0.05, 0.1) is 17.6 Å². The summed E-state index contributed by atoms with van der Waals surface area (Å²) in [5.41, 5.74) is -0.789. The van der Waals surface area contributed by atoms with Crippen LogP contribution in [0.2, 0.25) is 0 Å². The molecule has 1 spiro atoms. The molecule has 1 unspecified atom stereocenters. The van der Waals surface area contributed by atoms with Crippen LogP contribution in [-0.4, -0.2) is 55.4 Å². The molecule has 0 radical (unpaired) electrons. The maximum Gasteiger partial charge on any atom is 0.233 e. The van der Waals surface area contributed by atoms with Crippen LogP contribution < -0.4 is 4.74 Å². The summed E-state index contributed by atoms with van der Waals surface area (Å²) in [6.45, 7) is 2.37. The average Bonchev–Trinajstić information content (AvgIpc) is 3.23. The van der Waals surface area contributed by atoms with Crippen LogP contribution in [0.5, 0.6) is 5.75 Å². The Morgan fingerprint density at radius 2 is 1.61 bits per heavy atom. The van der Waals surface area contributed by atoms with Crippen molar-refractivity contribution >= 4 is 5.91 Å². The minimum atomic E-state index is -0.888. The number of rotatable bonds is 4. The van der Waals surface area contributed by atoms with Crippen LogP contribution >= 0.6 is 0 Å². The van der Waals surface area contributed by atoms with Crippen LogP contribution in [0.15, 0.2) is 48.5 Å². The van der Waals surface area contributed by atoms with Crippen molar-refractivity contribution in [1.82, 2.24) is 4.90 Å². The number of nitrogens with zero attached hydrogens (tertiary/aromatic N) is 1. The Kier molecular flexibility index (Phi) is 6.10. The van der Waals surface area contributed by atoms with Crippen molar-refractivity contribution < 1.29 is 27.8 Å². The van der Waals surface area contributed by atoms with Gasteiger partial charge in [-0.25, -0.2) is 8.78 Å². The molecule has 7 heteroatoms. The molecule has 1 atom stereocenters. The normalized spacial score (nSPS) is 24.1. The highest BCUT2D eigenvalue weighted by atomic mass is 19.1. The van der Waals surface area contributed by atoms with Gasteiger partial charge in [0.15, 0.2) is 11.6 Å². The summed E-state index contributed by atoms with van der Waals surface area (Å²) in [5, 5.41) is 0. The second-order valence-corrected chi connectivity index (χ2v) is 9.33. The number of halogens is 2. The van der Waals surface area contributed by atoms with E-state index in [9.17, 15) is 13.6 Å². The Hall–Kier alpha value is -2.51. The molecule has 2 aromatic carbocycles. The van der Waals surface area contributed by atoms with Crippen molar-refractivity contribution in [1.29, 1.82) is 0 Å². The lowest BCUT2D eigenvalue weighted by atomic mass is 9.72. The Labute approximate surface area is 192 Å². The zero-order valence-electron chi connectivity index (χ0n) is 18.6. The van der Waals surface area contributed by atoms with E-state index in [0.717, 1.165) is 0 Å². The highest BCUT2D eigenvalue weighted by Gasteiger charge is 2.49. The SMILES string of the molecule is O=C(N1CCC2(CC1)CC(Oc1ccccc1F)CO2)C1(c2ccccc2F)CCOCC1. The van der Waals surface area contributed by atoms with Crippen molar-refractivity contribution in [3.63, 3.8) is 0 Å². The van der Waals surface area contributed by atoms with Gasteiger partial charge in [-0.1, -0.05) is 30.3 Å². The smallest absolute Gasteiger partial charge is 0.233 e. The van der Waals surface area contributed by atoms with Crippen LogP contribution in [0.25, 0.3) is 0 Å². The number of hydrogen-bond donors (Lipinski definition) is 0. The summed E-state index contributed by atoms with van der Waals surface area (Å²) in [5.74, 6) is -0.507. The van der Waals surface area contributed by atoms with Crippen molar-refractivity contribution in [2.24, 2.45) is 0 Å². The Balaban J connectivity index is 1.26. The fraction of sp³-hybridized carbons (Fsp3) is 0.500. The summed E-state index contributed by atoms with van der Waals surface area (Å²) in [4.78, 5) is 15.6. The van der Waals surface area contributed by atoms with Gasteiger partial charge in [0.25, 0.3) is 0 Å². The molecule has 3 saturated heterocycles. The maximum atomic E-state index is 14.8. The molecule has 2 aromatic rings. The third-order valence-electron chi connectivity index (χ3n) is 7.41. The number of carbonyl (C=O) groups excluding carboxylic acids is 1. The molecule has 0 saturated carbocycles. The van der Waals surface area contributed by atoms with Gasteiger partial charge in [0.1, 0.15) is 11.9 Å². The van der Waals surface area contributed by atoms with Crippen LogP contribution in [0.3, 0.4) is 0 Å². The number of likely N-dealkylation sites (tertiary alicyclic amines) is 1. The lowest BCUT2D eigenvalue weighted by Crippen LogP contribution is -2.54. The predicted octanol–water partition coefficient (Wildman–Crippen LogP) is 4.24. The second-order valence-electron chi connectivity index (χ2n) is 9.33. The minimum Gasteiger partial charge on any atom is -0.485 e. The minimum absolute atomic E-state index is 0.0251. The van der Waals surface area contributed by atoms with E-state index in [4.69, 9.17) is 14.2 Å². The van der Waals surface area contributed by atoms with Crippen LogP contribution in [0, 0.1) is 11.6 Å². The molecule has 3 aliphatic heterocycles. The molecule has 5 nitrogen and oxygen atoms in total. The van der Waals surface area contributed by atoms with Crippen molar-refractivity contribution in [3.05, 3.63) is 65.7 Å². The number of piperidine rings is 1. The van der Waals surface area contributed by atoms with Gasteiger partial charge in [-0.3, -0.25) is 4.79 Å². The summed E-state index contributed by atoms with van der Waals surface area (Å²) in [6, 6.07) is 13.0. The average molecular weight is 458 g/mol. The quantitative estimate of drug-likeness (QED) is 0.689. The topological polar surface area (TPSA) is 48.0 Å². The van der Waals surface area contributed by atoms with Gasteiger partial charge < -0.3 is 19.1 Å². The fourth-order valence-corrected chi connectivity index (χ4v) is 5.53. The second kappa shape index (κ2) is 9.03. The van der Waals surface area contributed by atoms with Crippen molar-refractivity contribution in [3.8, 4) is 5.75 Å². The summed E-state index contributed by atoms with van der Waals surface area (Å²) < 4.78 is 46.2. The van der Waals surface area contributed by atoms with Crippen molar-refractivity contribution in [2.45, 2.75) is 49.2 Å². The molecular formula is C26H29F2NO4. The third kappa shape index (κ3) is 4.24. The standard InChI is InChI=1S/C26H29F2NO4/c27-21-6-2-1-5-20(21)26(11-15-31-16-12-26)24(30)29-13-9-25(10-14-29)17-19(18-32-25)33-23-8-4-3-7-22(23)28/h1-8,19H,9-18H2. The molecule has 1 amide bonds. The van der Waals surface area contributed by atoms with Gasteiger partial charge >= 0.3 is 0 Å². The lowest BCUT2D eigenvalue weighted by molar-refractivity contribution is -0.146. The van der Waals surface area contributed by atoms with Gasteiger partial charge in [-0.15, -0.1) is 0 Å². The Morgan fingerprint density at radius 3 is 2.30 bits per heavy atom. The first-order chi connectivity index (χ1) is 16.0. The number of hydrogen-bond acceptors (Lipinski definition) is 4. The molecule has 33 heavy (non-hydrogen) atoms. The highest BCUT2D eigenvalue weighted by Crippen LogP contribution is 2.42. The summed E-state index contributed by atoms with van der Waals surface area (Å²) in [6.07, 6.45) is 2.76. The molecule has 0 aliphatic carbocycles. The molecule has 0 N–H and O–H groups in total. The number of para-hydroxylation sites is 1. The van der Waals surface area contributed by atoms with E-state index in [2.05, 4.69) is 0 Å². The van der Waals surface area contributed by atoms with E-state index < -0.39 is 5.41 Å². The molecule has 0 bridgehead atoms. The molecular weight excluding hydrogens is 428 g/mol. The van der Waals surface area contributed by atoms with E-state index in [1.165, 1.54) is 12.1 Å². The molecule has 0 aromatic heterocycles. The van der Waals surface area contributed by atoms with Crippen LogP contribution in [0.1, 0.15) is 37.7 Å². The predicted molar refractivity (Wildman–Crippen MR) is 118 cm³/mol. The van der Waals surface area contributed by atoms with E-state index in [-0.39, 0.29) is 35.0 Å². The Bertz CT molecular complexity index is 999. The van der Waals surface area contributed by atoms with Gasteiger partial charge in [-0.2, -0.15) is 0 Å². The zero-order chi connectivity index (χ0) is 22.9. The molecule has 3 aliphatic rings. The van der Waals surface area contributed by atoms with Gasteiger partial charge in [-0.05, 0) is 43.9 Å². The van der Waals surface area contributed by atoms with Crippen LogP contribution in [-0.2, 0) is 19.7 Å². The first-order valence-corrected chi connectivity index (χ1v) is 11.7. The summed E-state index contributed by atoms with van der Waals surface area (Å²) >= 11 is 0. The van der Waals surface area contributed by atoms with E-state index >= 15 is 0 Å². The monoisotopic (exact) mass is 457 g/mol. The van der Waals surface area contributed by atoms with Gasteiger partial charge in [0, 0.05) is 38.3 Å². The molecule has 3 heterocycles. The van der Waals surface area contributed by atoms with E-state index in [1.807, 2.05) is 4.90 Å². The van der Waals surface area contributed by atoms with Crippen molar-refractivity contribution in [2.75, 3.05) is 32.9 Å². The number of carbonyl (C=O) groups is 1. The molecule has 5 rings (SSSR count). The maximum absolute atomic E-state index is 14.8. The highest BCUT2D eigenvalue weighted by molar-refractivity contribution is 5.88. The molecule has 176 valence electrons. The number of ether oxygens (including phenoxy) is 3. The third-order valence-corrected chi connectivity index (χ3v) is 7.41. The fourth-order valence-electron chi connectivity index (χ4n) is 5.53. The largest absolute Gasteiger partial charge is 0.485 e. The van der Waals surface area contributed by atoms with E-state index in [1.54, 1.807) is 36.4 Å². The number of benzene rings is 2. The first kappa shape index (κ1) is 22.3. The Morgan fingerprint density at radius 1 is 0.939 bits per heavy atom. The zero-order valence-corrected chi connectivity index (χ0v) is 18.6. The van der Waals surface area contributed by atoms with E-state index in [0.29, 0.717) is 70.6 Å². The molecule has 3 fully saturated rings. The summed E-state index contributed by atoms with van der Waals surface area (Å²) in [7, 11) is 0.